The van der Waals surface area contributed by atoms with Crippen LogP contribution in [0.1, 0.15) is 56.9 Å². The van der Waals surface area contributed by atoms with Crippen LogP contribution in [0.5, 0.6) is 0 Å². The average molecular weight is 489 g/mol. The van der Waals surface area contributed by atoms with Gasteiger partial charge in [-0.15, -0.1) is 0 Å². The number of carbonyl (C=O) groups is 1. The van der Waals surface area contributed by atoms with E-state index in [9.17, 15) is 4.79 Å². The molecule has 1 spiro atoms. The molecule has 4 fully saturated rings. The Morgan fingerprint density at radius 2 is 1.61 bits per heavy atom. The van der Waals surface area contributed by atoms with Gasteiger partial charge < -0.3 is 14.7 Å². The number of anilines is 1. The number of nitrogens with zero attached hydrogens (tertiary/aromatic N) is 6. The van der Waals surface area contributed by atoms with Crippen LogP contribution in [0.15, 0.2) is 49.1 Å². The van der Waals surface area contributed by atoms with Crippen LogP contribution in [0.4, 0.5) is 10.5 Å². The monoisotopic (exact) mass is 488 g/mol. The molecule has 0 unspecified atom stereocenters. The fraction of sp³-hybridized carbons (Fsp3) is 0.621. The highest BCUT2D eigenvalue weighted by atomic mass is 16.2. The van der Waals surface area contributed by atoms with E-state index in [1.54, 1.807) is 6.33 Å². The molecule has 0 bridgehead atoms. The molecule has 36 heavy (non-hydrogen) atoms. The van der Waals surface area contributed by atoms with Crippen LogP contribution in [0.3, 0.4) is 0 Å². The van der Waals surface area contributed by atoms with Gasteiger partial charge >= 0.3 is 6.03 Å². The second-order valence-electron chi connectivity index (χ2n) is 11.8. The van der Waals surface area contributed by atoms with Crippen LogP contribution in [0.2, 0.25) is 0 Å². The number of urea groups is 1. The van der Waals surface area contributed by atoms with Gasteiger partial charge in [0.15, 0.2) is 0 Å². The van der Waals surface area contributed by atoms with E-state index < -0.39 is 0 Å². The highest BCUT2D eigenvalue weighted by Crippen LogP contribution is 2.50. The summed E-state index contributed by atoms with van der Waals surface area (Å²) in [6, 6.07) is 11.7. The summed E-state index contributed by atoms with van der Waals surface area (Å²) in [6.07, 6.45) is 14.3. The Bertz CT molecular complexity index is 1040. The zero-order valence-corrected chi connectivity index (χ0v) is 21.9. The van der Waals surface area contributed by atoms with Crippen LogP contribution >= 0.6 is 0 Å². The van der Waals surface area contributed by atoms with Crippen molar-refractivity contribution in [3.05, 3.63) is 54.6 Å². The first-order valence-electron chi connectivity index (χ1n) is 13.8. The Morgan fingerprint density at radius 3 is 2.22 bits per heavy atom. The number of hydrogen-bond donors (Lipinski definition) is 0. The summed E-state index contributed by atoms with van der Waals surface area (Å²) in [5.74, 6) is 0.709. The van der Waals surface area contributed by atoms with Gasteiger partial charge in [-0.05, 0) is 76.9 Å². The average Bonchev–Trinajstić information content (AvgIpc) is 3.72. The Hall–Kier alpha value is -2.67. The van der Waals surface area contributed by atoms with Crippen molar-refractivity contribution in [2.24, 2.45) is 5.92 Å². The summed E-state index contributed by atoms with van der Waals surface area (Å²) < 4.78 is 0. The molecule has 1 aromatic heterocycles. The molecular weight excluding hydrogens is 448 g/mol. The van der Waals surface area contributed by atoms with Gasteiger partial charge in [0.1, 0.15) is 6.33 Å². The van der Waals surface area contributed by atoms with Crippen molar-refractivity contribution in [3.63, 3.8) is 0 Å². The predicted molar refractivity (Wildman–Crippen MR) is 142 cm³/mol. The lowest BCUT2D eigenvalue weighted by Gasteiger charge is -2.51. The molecule has 4 aliphatic rings. The summed E-state index contributed by atoms with van der Waals surface area (Å²) >= 11 is 0. The van der Waals surface area contributed by atoms with Gasteiger partial charge in [0.05, 0.1) is 23.6 Å². The molecule has 1 aromatic carbocycles. The number of carbonyl (C=O) groups excluding carboxylic acids is 1. The van der Waals surface area contributed by atoms with Gasteiger partial charge in [0, 0.05) is 37.8 Å². The molecule has 0 N–H and O–H groups in total. The quantitative estimate of drug-likeness (QED) is 0.605. The molecule has 192 valence electrons. The Labute approximate surface area is 215 Å². The van der Waals surface area contributed by atoms with Gasteiger partial charge in [-0.3, -0.25) is 4.90 Å². The van der Waals surface area contributed by atoms with E-state index in [0.717, 1.165) is 70.4 Å². The first kappa shape index (κ1) is 23.7. The molecule has 2 aliphatic heterocycles. The van der Waals surface area contributed by atoms with Crippen molar-refractivity contribution in [1.29, 1.82) is 0 Å². The molecule has 6 rings (SSSR count). The van der Waals surface area contributed by atoms with Gasteiger partial charge in [-0.1, -0.05) is 30.3 Å². The largest absolute Gasteiger partial charge is 0.369 e. The normalized spacial score (nSPS) is 29.5. The highest BCUT2D eigenvalue weighted by molar-refractivity contribution is 5.79. The minimum absolute atomic E-state index is 0.0155. The molecular formula is C29H40N6O. The van der Waals surface area contributed by atoms with Crippen molar-refractivity contribution >= 4 is 11.7 Å². The molecule has 7 nitrogen and oxygen atoms in total. The van der Waals surface area contributed by atoms with Gasteiger partial charge in [0.2, 0.25) is 0 Å². The summed E-state index contributed by atoms with van der Waals surface area (Å²) in [5.41, 5.74) is 2.54. The minimum atomic E-state index is -0.0155. The number of aromatic nitrogens is 2. The number of hydrogen-bond acceptors (Lipinski definition) is 5. The van der Waals surface area contributed by atoms with Crippen LogP contribution in [-0.4, -0.2) is 82.6 Å². The zero-order valence-electron chi connectivity index (χ0n) is 21.9. The smallest absolute Gasteiger partial charge is 0.320 e. The lowest BCUT2D eigenvalue weighted by molar-refractivity contribution is 0.0226. The summed E-state index contributed by atoms with van der Waals surface area (Å²) in [4.78, 5) is 31.7. The van der Waals surface area contributed by atoms with E-state index in [2.05, 4.69) is 74.0 Å². The SMILES string of the molecule is CN(C)[C@]1(c2ccccc2)CC[C@@]2(CC1)CN(C1CCN(c3cncnc3)CC1)C(=O)N2CC1CC1. The maximum atomic E-state index is 14.0. The number of benzene rings is 1. The van der Waals surface area contributed by atoms with Crippen molar-refractivity contribution in [2.75, 3.05) is 45.2 Å². The van der Waals surface area contributed by atoms with Crippen molar-refractivity contribution in [3.8, 4) is 0 Å². The Morgan fingerprint density at radius 1 is 0.944 bits per heavy atom. The first-order valence-corrected chi connectivity index (χ1v) is 13.8. The van der Waals surface area contributed by atoms with E-state index in [1.165, 1.54) is 18.4 Å². The Balaban J connectivity index is 1.20. The van der Waals surface area contributed by atoms with E-state index in [0.29, 0.717) is 18.0 Å². The third kappa shape index (κ3) is 4.15. The maximum absolute atomic E-state index is 14.0. The molecule has 7 heteroatoms. The van der Waals surface area contributed by atoms with Crippen molar-refractivity contribution < 1.29 is 4.79 Å². The molecule has 0 atom stereocenters. The second-order valence-corrected chi connectivity index (χ2v) is 11.8. The predicted octanol–water partition coefficient (Wildman–Crippen LogP) is 4.36. The fourth-order valence-corrected chi connectivity index (χ4v) is 7.13. The molecule has 0 radical (unpaired) electrons. The van der Waals surface area contributed by atoms with Crippen LogP contribution in [0.25, 0.3) is 0 Å². The molecule has 2 saturated heterocycles. The number of piperidine rings is 1. The van der Waals surface area contributed by atoms with Gasteiger partial charge in [-0.2, -0.15) is 0 Å². The summed E-state index contributed by atoms with van der Waals surface area (Å²) in [6.45, 7) is 3.76. The zero-order chi connectivity index (χ0) is 24.8. The van der Waals surface area contributed by atoms with Crippen molar-refractivity contribution in [2.45, 2.75) is 68.5 Å². The second kappa shape index (κ2) is 9.33. The summed E-state index contributed by atoms with van der Waals surface area (Å²) in [7, 11) is 4.45. The van der Waals surface area contributed by atoms with Crippen molar-refractivity contribution in [1.82, 2.24) is 24.7 Å². The minimum Gasteiger partial charge on any atom is -0.369 e. The molecule has 2 saturated carbocycles. The molecule has 2 aromatic rings. The molecule has 2 amide bonds. The van der Waals surface area contributed by atoms with Crippen LogP contribution in [-0.2, 0) is 5.54 Å². The Kier molecular flexibility index (Phi) is 6.14. The standard InChI is InChI=1S/C29H40N6O/c1-32(2)29(24-6-4-3-5-7-24)14-12-28(13-15-29)21-34(27(36)35(28)20-23-8-9-23)25-10-16-33(17-11-25)26-18-30-22-31-19-26/h3-7,18-19,22-23,25H,8-17,20-21H2,1-2H3/t28-,29-. The summed E-state index contributed by atoms with van der Waals surface area (Å²) in [5, 5.41) is 0. The maximum Gasteiger partial charge on any atom is 0.320 e. The third-order valence-corrected chi connectivity index (χ3v) is 9.64. The lowest BCUT2D eigenvalue weighted by Crippen LogP contribution is -2.55. The highest BCUT2D eigenvalue weighted by Gasteiger charge is 2.56. The lowest BCUT2D eigenvalue weighted by atomic mass is 9.68. The fourth-order valence-electron chi connectivity index (χ4n) is 7.13. The third-order valence-electron chi connectivity index (χ3n) is 9.64. The van der Waals surface area contributed by atoms with Gasteiger partial charge in [-0.25, -0.2) is 14.8 Å². The van der Waals surface area contributed by atoms with E-state index in [-0.39, 0.29) is 11.1 Å². The first-order chi connectivity index (χ1) is 17.5. The topological polar surface area (TPSA) is 55.8 Å². The van der Waals surface area contributed by atoms with Crippen LogP contribution < -0.4 is 4.90 Å². The molecule has 2 aliphatic carbocycles. The van der Waals surface area contributed by atoms with E-state index in [1.807, 2.05) is 12.4 Å². The van der Waals surface area contributed by atoms with Gasteiger partial charge in [0.25, 0.3) is 0 Å². The van der Waals surface area contributed by atoms with E-state index in [4.69, 9.17) is 0 Å². The number of amides is 2. The van der Waals surface area contributed by atoms with E-state index >= 15 is 0 Å². The molecule has 3 heterocycles. The van der Waals surface area contributed by atoms with Crippen LogP contribution in [0, 0.1) is 5.92 Å². The number of rotatable bonds is 6.